The molecule has 0 aromatic heterocycles. The fraction of sp³-hybridized carbons (Fsp3) is 0.889. The fourth-order valence-corrected chi connectivity index (χ4v) is 2.47. The number of carbonyl (C=O) groups excluding carboxylic acids is 1. The zero-order valence-corrected chi connectivity index (χ0v) is 7.02. The van der Waals surface area contributed by atoms with Crippen LogP contribution in [0.3, 0.4) is 0 Å². The lowest BCUT2D eigenvalue weighted by molar-refractivity contribution is -0.119. The number of rotatable bonds is 0. The van der Waals surface area contributed by atoms with Gasteiger partial charge in [-0.3, -0.25) is 4.79 Å². The Kier molecular flexibility index (Phi) is 1.44. The van der Waals surface area contributed by atoms with Crippen LogP contribution in [-0.2, 0) is 4.79 Å². The van der Waals surface area contributed by atoms with Crippen molar-refractivity contribution < 1.29 is 4.79 Å². The van der Waals surface area contributed by atoms with Crippen LogP contribution < -0.4 is 5.32 Å². The van der Waals surface area contributed by atoms with E-state index in [1.807, 2.05) is 0 Å². The second-order valence-electron chi connectivity index (χ2n) is 4.20. The Morgan fingerprint density at radius 2 is 2.36 bits per heavy atom. The van der Waals surface area contributed by atoms with Crippen molar-refractivity contribution in [3.63, 3.8) is 0 Å². The molecule has 0 unspecified atom stereocenters. The van der Waals surface area contributed by atoms with Crippen molar-refractivity contribution in [1.82, 2.24) is 5.32 Å². The molecule has 0 spiro atoms. The van der Waals surface area contributed by atoms with E-state index in [9.17, 15) is 4.79 Å². The van der Waals surface area contributed by atoms with Gasteiger partial charge >= 0.3 is 0 Å². The Balaban J connectivity index is 2.17. The monoisotopic (exact) mass is 153 g/mol. The summed E-state index contributed by atoms with van der Waals surface area (Å²) < 4.78 is 0. The number of fused-ring (bicyclic) bond motifs is 1. The minimum absolute atomic E-state index is 0.263. The molecule has 1 N–H and O–H groups in total. The molecular formula is C9H15NO. The molecule has 1 aliphatic carbocycles. The third-order valence-corrected chi connectivity index (χ3v) is 3.23. The average molecular weight is 153 g/mol. The second-order valence-corrected chi connectivity index (χ2v) is 4.20. The molecular weight excluding hydrogens is 138 g/mol. The van der Waals surface area contributed by atoms with Crippen LogP contribution in [0.5, 0.6) is 0 Å². The molecule has 2 rings (SSSR count). The van der Waals surface area contributed by atoms with Crippen molar-refractivity contribution in [3.05, 3.63) is 0 Å². The molecule has 2 aliphatic rings. The molecule has 2 fully saturated rings. The van der Waals surface area contributed by atoms with Crippen molar-refractivity contribution in [3.8, 4) is 0 Å². The average Bonchev–Trinajstić information content (AvgIpc) is 2.22. The Labute approximate surface area is 67.4 Å². The van der Waals surface area contributed by atoms with Gasteiger partial charge in [-0.2, -0.15) is 0 Å². The summed E-state index contributed by atoms with van der Waals surface area (Å²) in [4.78, 5) is 11.1. The van der Waals surface area contributed by atoms with Crippen molar-refractivity contribution in [2.24, 2.45) is 5.41 Å². The predicted molar refractivity (Wildman–Crippen MR) is 43.1 cm³/mol. The highest BCUT2D eigenvalue weighted by Crippen LogP contribution is 2.42. The van der Waals surface area contributed by atoms with Gasteiger partial charge in [-0.1, -0.05) is 19.8 Å². The van der Waals surface area contributed by atoms with Gasteiger partial charge in [0.05, 0.1) is 0 Å². The number of amides is 1. The van der Waals surface area contributed by atoms with Crippen LogP contribution in [0.1, 0.15) is 39.0 Å². The van der Waals surface area contributed by atoms with Gasteiger partial charge in [0, 0.05) is 12.5 Å². The molecule has 0 radical (unpaired) electrons. The SMILES string of the molecule is C[C@@]12CCCC[C@@H]1NC(=O)C2. The lowest BCUT2D eigenvalue weighted by Crippen LogP contribution is -2.37. The van der Waals surface area contributed by atoms with Gasteiger partial charge in [0.1, 0.15) is 0 Å². The van der Waals surface area contributed by atoms with Crippen molar-refractivity contribution in [2.75, 3.05) is 0 Å². The van der Waals surface area contributed by atoms with E-state index < -0.39 is 0 Å². The fourth-order valence-electron chi connectivity index (χ4n) is 2.47. The zero-order chi connectivity index (χ0) is 7.90. The summed E-state index contributed by atoms with van der Waals surface area (Å²) in [5.41, 5.74) is 0.301. The molecule has 1 saturated carbocycles. The summed E-state index contributed by atoms with van der Waals surface area (Å²) in [5, 5.41) is 3.06. The summed E-state index contributed by atoms with van der Waals surface area (Å²) in [6.07, 6.45) is 5.79. The van der Waals surface area contributed by atoms with E-state index in [-0.39, 0.29) is 5.91 Å². The maximum Gasteiger partial charge on any atom is 0.220 e. The number of carbonyl (C=O) groups is 1. The van der Waals surface area contributed by atoms with Crippen LogP contribution in [0.4, 0.5) is 0 Å². The van der Waals surface area contributed by atoms with E-state index in [0.717, 1.165) is 6.42 Å². The lowest BCUT2D eigenvalue weighted by atomic mass is 9.72. The first-order valence-electron chi connectivity index (χ1n) is 4.50. The quantitative estimate of drug-likeness (QED) is 0.560. The largest absolute Gasteiger partial charge is 0.353 e. The van der Waals surface area contributed by atoms with Gasteiger partial charge in [0.15, 0.2) is 0 Å². The van der Waals surface area contributed by atoms with Crippen molar-refractivity contribution in [1.29, 1.82) is 0 Å². The number of nitrogens with one attached hydrogen (secondary N) is 1. The smallest absolute Gasteiger partial charge is 0.220 e. The first-order valence-corrected chi connectivity index (χ1v) is 4.50. The molecule has 1 amide bonds. The third-order valence-electron chi connectivity index (χ3n) is 3.23. The Bertz CT molecular complexity index is 190. The van der Waals surface area contributed by atoms with E-state index in [0.29, 0.717) is 11.5 Å². The Morgan fingerprint density at radius 3 is 3.09 bits per heavy atom. The summed E-state index contributed by atoms with van der Waals surface area (Å²) in [6.45, 7) is 2.24. The molecule has 2 heteroatoms. The van der Waals surface area contributed by atoms with E-state index in [1.165, 1.54) is 25.7 Å². The molecule has 1 heterocycles. The Morgan fingerprint density at radius 1 is 1.55 bits per heavy atom. The van der Waals surface area contributed by atoms with Crippen LogP contribution >= 0.6 is 0 Å². The molecule has 11 heavy (non-hydrogen) atoms. The van der Waals surface area contributed by atoms with E-state index in [2.05, 4.69) is 12.2 Å². The number of hydrogen-bond acceptors (Lipinski definition) is 1. The highest BCUT2D eigenvalue weighted by molar-refractivity contribution is 5.79. The van der Waals surface area contributed by atoms with E-state index >= 15 is 0 Å². The first kappa shape index (κ1) is 7.14. The summed E-state index contributed by atoms with van der Waals surface area (Å²) in [6, 6.07) is 0.490. The molecule has 0 aromatic rings. The van der Waals surface area contributed by atoms with Crippen molar-refractivity contribution >= 4 is 5.91 Å². The second kappa shape index (κ2) is 2.23. The highest BCUT2D eigenvalue weighted by Gasteiger charge is 2.43. The van der Waals surface area contributed by atoms with Gasteiger partial charge < -0.3 is 5.32 Å². The van der Waals surface area contributed by atoms with Gasteiger partial charge in [0.2, 0.25) is 5.91 Å². The van der Waals surface area contributed by atoms with E-state index in [4.69, 9.17) is 0 Å². The molecule has 2 nitrogen and oxygen atoms in total. The highest BCUT2D eigenvalue weighted by atomic mass is 16.2. The van der Waals surface area contributed by atoms with Crippen molar-refractivity contribution in [2.45, 2.75) is 45.1 Å². The maximum atomic E-state index is 11.1. The topological polar surface area (TPSA) is 29.1 Å². The molecule has 2 atom stereocenters. The minimum Gasteiger partial charge on any atom is -0.353 e. The summed E-state index contributed by atoms with van der Waals surface area (Å²) in [7, 11) is 0. The van der Waals surface area contributed by atoms with Crippen LogP contribution in [0.15, 0.2) is 0 Å². The molecule has 62 valence electrons. The van der Waals surface area contributed by atoms with Gasteiger partial charge in [0.25, 0.3) is 0 Å². The molecule has 1 aliphatic heterocycles. The molecule has 1 saturated heterocycles. The first-order chi connectivity index (χ1) is 5.21. The van der Waals surface area contributed by atoms with Crippen LogP contribution in [-0.4, -0.2) is 11.9 Å². The molecule has 0 aromatic carbocycles. The van der Waals surface area contributed by atoms with Crippen LogP contribution in [0.25, 0.3) is 0 Å². The maximum absolute atomic E-state index is 11.1. The Hall–Kier alpha value is -0.530. The normalized spacial score (nSPS) is 43.4. The summed E-state index contributed by atoms with van der Waals surface area (Å²) in [5.74, 6) is 0.263. The van der Waals surface area contributed by atoms with Gasteiger partial charge in [-0.25, -0.2) is 0 Å². The van der Waals surface area contributed by atoms with Gasteiger partial charge in [-0.05, 0) is 18.3 Å². The zero-order valence-electron chi connectivity index (χ0n) is 7.02. The summed E-state index contributed by atoms with van der Waals surface area (Å²) >= 11 is 0. The third kappa shape index (κ3) is 1.05. The van der Waals surface area contributed by atoms with Gasteiger partial charge in [-0.15, -0.1) is 0 Å². The van der Waals surface area contributed by atoms with Crippen LogP contribution in [0.2, 0.25) is 0 Å². The standard InChI is InChI=1S/C9H15NO/c1-9-5-3-2-4-7(9)10-8(11)6-9/h7H,2-6H2,1H3,(H,10,11)/t7-,9-/m0/s1. The molecule has 0 bridgehead atoms. The predicted octanol–water partition coefficient (Wildman–Crippen LogP) is 1.46. The number of hydrogen-bond donors (Lipinski definition) is 1. The van der Waals surface area contributed by atoms with Crippen LogP contribution in [0, 0.1) is 5.41 Å². The lowest BCUT2D eigenvalue weighted by Gasteiger charge is -2.34. The minimum atomic E-state index is 0.263. The van der Waals surface area contributed by atoms with E-state index in [1.54, 1.807) is 0 Å².